The van der Waals surface area contributed by atoms with Crippen LogP contribution in [0.5, 0.6) is 0 Å². The molecule has 0 aliphatic carbocycles. The van der Waals surface area contributed by atoms with Gasteiger partial charge in [0.25, 0.3) is 5.91 Å². The van der Waals surface area contributed by atoms with Crippen molar-refractivity contribution in [3.63, 3.8) is 0 Å². The van der Waals surface area contributed by atoms with Gasteiger partial charge < -0.3 is 15.4 Å². The Hall–Kier alpha value is -2.32. The van der Waals surface area contributed by atoms with Crippen molar-refractivity contribution < 1.29 is 9.53 Å². The molecule has 0 bridgehead atoms. The summed E-state index contributed by atoms with van der Waals surface area (Å²) in [5.41, 5.74) is 1.84. The van der Waals surface area contributed by atoms with Crippen molar-refractivity contribution >= 4 is 11.6 Å². The van der Waals surface area contributed by atoms with Gasteiger partial charge in [-0.1, -0.05) is 32.0 Å². The lowest BCUT2D eigenvalue weighted by Gasteiger charge is -2.13. The highest BCUT2D eigenvalue weighted by Crippen LogP contribution is 2.23. The van der Waals surface area contributed by atoms with E-state index >= 15 is 0 Å². The summed E-state index contributed by atoms with van der Waals surface area (Å²) in [5, 5.41) is 14.9. The number of amides is 1. The van der Waals surface area contributed by atoms with E-state index in [1.165, 1.54) is 6.20 Å². The number of rotatable bonds is 9. The van der Waals surface area contributed by atoms with Crippen LogP contribution in [0.3, 0.4) is 0 Å². The van der Waals surface area contributed by atoms with Gasteiger partial charge in [-0.15, -0.1) is 0 Å². The average Bonchev–Trinajstić information content (AvgIpc) is 2.54. The maximum absolute atomic E-state index is 12.2. The summed E-state index contributed by atoms with van der Waals surface area (Å²) in [6, 6.07) is 9.55. The first kappa shape index (κ1) is 18.7. The quantitative estimate of drug-likeness (QED) is 0.417. The molecule has 23 heavy (non-hydrogen) atoms. The van der Waals surface area contributed by atoms with E-state index in [1.807, 2.05) is 37.3 Å². The van der Waals surface area contributed by atoms with Gasteiger partial charge in [-0.2, -0.15) is 5.26 Å². The molecular formula is C18H25N3O2. The molecule has 5 nitrogen and oxygen atoms in total. The zero-order valence-corrected chi connectivity index (χ0v) is 14.1. The zero-order valence-electron chi connectivity index (χ0n) is 14.1. The minimum absolute atomic E-state index is 0.0555. The molecule has 0 heterocycles. The fourth-order valence-corrected chi connectivity index (χ4v) is 2.05. The van der Waals surface area contributed by atoms with E-state index in [1.54, 1.807) is 0 Å². The van der Waals surface area contributed by atoms with Gasteiger partial charge in [0.15, 0.2) is 0 Å². The first-order valence-corrected chi connectivity index (χ1v) is 7.91. The molecule has 0 saturated carbocycles. The van der Waals surface area contributed by atoms with Crippen molar-refractivity contribution in [2.75, 3.05) is 25.1 Å². The molecule has 1 aromatic rings. The molecule has 1 rings (SSSR count). The predicted octanol–water partition coefficient (Wildman–Crippen LogP) is 3.17. The van der Waals surface area contributed by atoms with Crippen LogP contribution in [0.25, 0.3) is 0 Å². The van der Waals surface area contributed by atoms with E-state index in [4.69, 9.17) is 10.00 Å². The van der Waals surface area contributed by atoms with Gasteiger partial charge in [0.1, 0.15) is 11.6 Å². The number of para-hydroxylation sites is 1. The van der Waals surface area contributed by atoms with Gasteiger partial charge in [0, 0.05) is 31.6 Å². The lowest BCUT2D eigenvalue weighted by atomic mass is 10.0. The molecule has 0 radical (unpaired) electrons. The third-order valence-electron chi connectivity index (χ3n) is 3.26. The average molecular weight is 315 g/mol. The molecule has 1 amide bonds. The highest BCUT2D eigenvalue weighted by molar-refractivity contribution is 6.06. The second-order valence-corrected chi connectivity index (χ2v) is 5.37. The molecular weight excluding hydrogens is 290 g/mol. The van der Waals surface area contributed by atoms with Crippen molar-refractivity contribution in [2.45, 2.75) is 33.1 Å². The number of benzene rings is 1. The Morgan fingerprint density at radius 3 is 2.78 bits per heavy atom. The van der Waals surface area contributed by atoms with E-state index in [2.05, 4.69) is 24.5 Å². The Labute approximate surface area is 138 Å². The van der Waals surface area contributed by atoms with Gasteiger partial charge in [-0.3, -0.25) is 4.79 Å². The van der Waals surface area contributed by atoms with E-state index in [0.29, 0.717) is 19.8 Å². The van der Waals surface area contributed by atoms with Crippen molar-refractivity contribution in [3.8, 4) is 6.07 Å². The Balaban J connectivity index is 2.62. The Morgan fingerprint density at radius 2 is 2.13 bits per heavy atom. The maximum atomic E-state index is 12.2. The van der Waals surface area contributed by atoms with Crippen molar-refractivity contribution in [1.29, 1.82) is 5.26 Å². The van der Waals surface area contributed by atoms with E-state index < -0.39 is 5.91 Å². The second-order valence-electron chi connectivity index (χ2n) is 5.37. The minimum Gasteiger partial charge on any atom is -0.390 e. The summed E-state index contributed by atoms with van der Waals surface area (Å²) in [6.07, 6.45) is 2.28. The summed E-state index contributed by atoms with van der Waals surface area (Å²) in [4.78, 5) is 12.2. The Bertz CT molecular complexity index is 574. The van der Waals surface area contributed by atoms with Crippen LogP contribution in [0.2, 0.25) is 0 Å². The molecule has 0 spiro atoms. The van der Waals surface area contributed by atoms with Crippen LogP contribution >= 0.6 is 0 Å². The summed E-state index contributed by atoms with van der Waals surface area (Å²) < 4.78 is 5.22. The van der Waals surface area contributed by atoms with Crippen molar-refractivity contribution in [2.24, 2.45) is 0 Å². The highest BCUT2D eigenvalue weighted by Gasteiger charge is 2.12. The van der Waals surface area contributed by atoms with Crippen LogP contribution in [0.4, 0.5) is 5.69 Å². The largest absolute Gasteiger partial charge is 0.390 e. The summed E-state index contributed by atoms with van der Waals surface area (Å²) in [6.45, 7) is 8.07. The third-order valence-corrected chi connectivity index (χ3v) is 3.26. The van der Waals surface area contributed by atoms with Gasteiger partial charge in [-0.05, 0) is 30.9 Å². The van der Waals surface area contributed by atoms with Crippen LogP contribution in [0.15, 0.2) is 36.0 Å². The van der Waals surface area contributed by atoms with Gasteiger partial charge in [0.2, 0.25) is 0 Å². The summed E-state index contributed by atoms with van der Waals surface area (Å²) in [7, 11) is 0. The maximum Gasteiger partial charge on any atom is 0.267 e. The standard InChI is InChI=1S/C18H25N3O2/c1-4-23-11-7-10-20-13-15(12-19)18(22)21-17-9-6-5-8-16(17)14(2)3/h5-6,8-9,13-14,20H,4,7,10-11H2,1-3H3,(H,21,22)/b15-13-. The SMILES string of the molecule is CCOCCCN/C=C(/C#N)C(=O)Nc1ccccc1C(C)C. The molecule has 5 heteroatoms. The second kappa shape index (κ2) is 10.4. The van der Waals surface area contributed by atoms with Gasteiger partial charge in [0.05, 0.1) is 0 Å². The number of nitriles is 1. The Morgan fingerprint density at radius 1 is 1.39 bits per heavy atom. The number of carbonyl (C=O) groups is 1. The van der Waals surface area contributed by atoms with Crippen LogP contribution < -0.4 is 10.6 Å². The smallest absolute Gasteiger partial charge is 0.267 e. The molecule has 0 saturated heterocycles. The molecule has 124 valence electrons. The lowest BCUT2D eigenvalue weighted by Crippen LogP contribution is -2.18. The topological polar surface area (TPSA) is 74.1 Å². The number of ether oxygens (including phenoxy) is 1. The molecule has 0 aliphatic heterocycles. The monoisotopic (exact) mass is 315 g/mol. The Kier molecular flexibility index (Phi) is 8.48. The van der Waals surface area contributed by atoms with Crippen molar-refractivity contribution in [3.05, 3.63) is 41.6 Å². The number of hydrogen-bond donors (Lipinski definition) is 2. The molecule has 0 aliphatic rings. The van der Waals surface area contributed by atoms with Gasteiger partial charge in [-0.25, -0.2) is 0 Å². The number of anilines is 1. The number of carbonyl (C=O) groups excluding carboxylic acids is 1. The predicted molar refractivity (Wildman–Crippen MR) is 92.0 cm³/mol. The lowest BCUT2D eigenvalue weighted by molar-refractivity contribution is -0.112. The van der Waals surface area contributed by atoms with Crippen LogP contribution in [0.1, 0.15) is 38.7 Å². The molecule has 0 aromatic heterocycles. The first-order valence-electron chi connectivity index (χ1n) is 7.91. The van der Waals surface area contributed by atoms with Crippen LogP contribution in [-0.4, -0.2) is 25.7 Å². The third kappa shape index (κ3) is 6.54. The zero-order chi connectivity index (χ0) is 17.1. The number of hydrogen-bond acceptors (Lipinski definition) is 4. The van der Waals surface area contributed by atoms with E-state index in [-0.39, 0.29) is 11.5 Å². The fourth-order valence-electron chi connectivity index (χ4n) is 2.05. The summed E-state index contributed by atoms with van der Waals surface area (Å²) in [5.74, 6) is -0.115. The summed E-state index contributed by atoms with van der Waals surface area (Å²) >= 11 is 0. The highest BCUT2D eigenvalue weighted by atomic mass is 16.5. The van der Waals surface area contributed by atoms with E-state index in [9.17, 15) is 4.79 Å². The minimum atomic E-state index is -0.405. The first-order chi connectivity index (χ1) is 11.1. The molecule has 0 fully saturated rings. The fraction of sp³-hybridized carbons (Fsp3) is 0.444. The number of nitrogens with one attached hydrogen (secondary N) is 2. The van der Waals surface area contributed by atoms with Gasteiger partial charge >= 0.3 is 0 Å². The molecule has 1 aromatic carbocycles. The normalized spacial score (nSPS) is 11.2. The van der Waals surface area contributed by atoms with Crippen molar-refractivity contribution in [1.82, 2.24) is 5.32 Å². The molecule has 2 N–H and O–H groups in total. The van der Waals surface area contributed by atoms with E-state index in [0.717, 1.165) is 17.7 Å². The molecule has 0 atom stereocenters. The number of nitrogens with zero attached hydrogens (tertiary/aromatic N) is 1. The van der Waals surface area contributed by atoms with Crippen LogP contribution in [0, 0.1) is 11.3 Å². The van der Waals surface area contributed by atoms with Crippen LogP contribution in [-0.2, 0) is 9.53 Å². The molecule has 0 unspecified atom stereocenters.